The van der Waals surface area contributed by atoms with Gasteiger partial charge >= 0.3 is 0 Å². The van der Waals surface area contributed by atoms with Gasteiger partial charge in [-0.2, -0.15) is 0 Å². The van der Waals surface area contributed by atoms with Gasteiger partial charge in [-0.05, 0) is 38.4 Å². The van der Waals surface area contributed by atoms with E-state index in [1.807, 2.05) is 30.1 Å². The maximum Gasteiger partial charge on any atom is 0.245 e. The first-order valence-corrected chi connectivity index (χ1v) is 6.93. The summed E-state index contributed by atoms with van der Waals surface area (Å²) >= 11 is 0. The van der Waals surface area contributed by atoms with Gasteiger partial charge in [0.15, 0.2) is 0 Å². The van der Waals surface area contributed by atoms with Crippen molar-refractivity contribution < 1.29 is 4.79 Å². The molecule has 19 heavy (non-hydrogen) atoms. The highest BCUT2D eigenvalue weighted by atomic mass is 16.2. The van der Waals surface area contributed by atoms with E-state index in [4.69, 9.17) is 5.73 Å². The summed E-state index contributed by atoms with van der Waals surface area (Å²) in [5.41, 5.74) is 6.80. The number of benzene rings is 1. The molecule has 2 unspecified atom stereocenters. The second-order valence-corrected chi connectivity index (χ2v) is 5.21. The van der Waals surface area contributed by atoms with Crippen LogP contribution in [0.15, 0.2) is 30.3 Å². The lowest BCUT2D eigenvalue weighted by Gasteiger charge is -2.31. The van der Waals surface area contributed by atoms with Gasteiger partial charge in [-0.3, -0.25) is 4.79 Å². The summed E-state index contributed by atoms with van der Waals surface area (Å²) in [7, 11) is 1.89. The van der Waals surface area contributed by atoms with Crippen molar-refractivity contribution in [2.45, 2.75) is 31.8 Å². The van der Waals surface area contributed by atoms with Gasteiger partial charge < -0.3 is 15.5 Å². The van der Waals surface area contributed by atoms with Crippen LogP contribution in [0.3, 0.4) is 0 Å². The minimum absolute atomic E-state index is 0.137. The van der Waals surface area contributed by atoms with Crippen LogP contribution in [-0.4, -0.2) is 43.0 Å². The maximum atomic E-state index is 12.6. The largest absolute Gasteiger partial charge is 0.359 e. The molecule has 2 atom stereocenters. The zero-order valence-corrected chi connectivity index (χ0v) is 11.7. The Morgan fingerprint density at radius 3 is 2.63 bits per heavy atom. The monoisotopic (exact) mass is 261 g/mol. The number of para-hydroxylation sites is 1. The Hall–Kier alpha value is -1.55. The average molecular weight is 261 g/mol. The average Bonchev–Trinajstić information content (AvgIpc) is 2.54. The van der Waals surface area contributed by atoms with Crippen LogP contribution in [0, 0.1) is 0 Å². The van der Waals surface area contributed by atoms with Crippen LogP contribution in [0.1, 0.15) is 19.8 Å². The highest BCUT2D eigenvalue weighted by molar-refractivity contribution is 5.86. The fourth-order valence-electron chi connectivity index (χ4n) is 2.63. The third-order valence-electron chi connectivity index (χ3n) is 3.99. The number of nitrogens with zero attached hydrogens (tertiary/aromatic N) is 2. The molecule has 1 aromatic rings. The number of hydrogen-bond donors (Lipinski definition) is 1. The zero-order valence-electron chi connectivity index (χ0n) is 11.7. The molecule has 0 spiro atoms. The van der Waals surface area contributed by atoms with Crippen LogP contribution in [0.2, 0.25) is 0 Å². The van der Waals surface area contributed by atoms with Crippen molar-refractivity contribution in [1.82, 2.24) is 4.90 Å². The number of likely N-dealkylation sites (N-methyl/N-ethyl adjacent to an activating group) is 1. The molecule has 2 rings (SSSR count). The van der Waals surface area contributed by atoms with Crippen molar-refractivity contribution in [2.24, 2.45) is 5.73 Å². The van der Waals surface area contributed by atoms with Crippen LogP contribution < -0.4 is 10.6 Å². The Bertz CT molecular complexity index is 421. The van der Waals surface area contributed by atoms with Gasteiger partial charge in [0.25, 0.3) is 0 Å². The van der Waals surface area contributed by atoms with Crippen LogP contribution in [-0.2, 0) is 4.79 Å². The van der Waals surface area contributed by atoms with E-state index in [0.29, 0.717) is 13.0 Å². The Labute approximate surface area is 115 Å². The number of carbonyl (C=O) groups is 1. The summed E-state index contributed by atoms with van der Waals surface area (Å²) in [6, 6.07) is 10.3. The van der Waals surface area contributed by atoms with Gasteiger partial charge in [-0.1, -0.05) is 18.2 Å². The molecule has 1 aliphatic heterocycles. The first-order chi connectivity index (χ1) is 9.15. The zero-order chi connectivity index (χ0) is 13.8. The Morgan fingerprint density at radius 1 is 1.32 bits per heavy atom. The van der Waals surface area contributed by atoms with E-state index in [9.17, 15) is 4.79 Å². The first-order valence-electron chi connectivity index (χ1n) is 6.93. The lowest BCUT2D eigenvalue weighted by atomic mass is 10.1. The normalized spacial score (nSPS) is 24.5. The number of carbonyl (C=O) groups excluding carboxylic acids is 1. The van der Waals surface area contributed by atoms with Crippen LogP contribution in [0.25, 0.3) is 0 Å². The second kappa shape index (κ2) is 6.06. The molecular formula is C15H23N3O. The van der Waals surface area contributed by atoms with Crippen molar-refractivity contribution in [3.63, 3.8) is 0 Å². The molecule has 2 N–H and O–H groups in total. The van der Waals surface area contributed by atoms with Crippen LogP contribution in [0.4, 0.5) is 5.69 Å². The van der Waals surface area contributed by atoms with E-state index in [1.165, 1.54) is 0 Å². The molecule has 1 heterocycles. The Balaban J connectivity index is 2.31. The number of nitrogens with two attached hydrogens (primary N) is 1. The fraction of sp³-hybridized carbons (Fsp3) is 0.533. The Kier molecular flexibility index (Phi) is 4.43. The smallest absolute Gasteiger partial charge is 0.245 e. The van der Waals surface area contributed by atoms with E-state index in [2.05, 4.69) is 24.0 Å². The molecular weight excluding hydrogens is 238 g/mol. The van der Waals surface area contributed by atoms with E-state index < -0.39 is 0 Å². The summed E-state index contributed by atoms with van der Waals surface area (Å²) < 4.78 is 0. The SMILES string of the molecule is CC1CCN(c2ccccc2)C(CCN)C(=O)N1C. The lowest BCUT2D eigenvalue weighted by Crippen LogP contribution is -2.47. The molecule has 1 aliphatic rings. The van der Waals surface area contributed by atoms with Crippen molar-refractivity contribution in [2.75, 3.05) is 25.0 Å². The second-order valence-electron chi connectivity index (χ2n) is 5.21. The van der Waals surface area contributed by atoms with Gasteiger partial charge in [-0.25, -0.2) is 0 Å². The van der Waals surface area contributed by atoms with E-state index in [-0.39, 0.29) is 18.0 Å². The summed E-state index contributed by atoms with van der Waals surface area (Å²) in [5.74, 6) is 0.180. The molecule has 0 aromatic heterocycles. The van der Waals surface area contributed by atoms with Crippen LogP contribution >= 0.6 is 0 Å². The summed E-state index contributed by atoms with van der Waals surface area (Å²) in [4.78, 5) is 16.6. The predicted octanol–water partition coefficient (Wildman–Crippen LogP) is 1.46. The topological polar surface area (TPSA) is 49.6 Å². The molecule has 4 heteroatoms. The summed E-state index contributed by atoms with van der Waals surface area (Å²) in [5, 5.41) is 0. The van der Waals surface area contributed by atoms with Crippen molar-refractivity contribution >= 4 is 11.6 Å². The lowest BCUT2D eigenvalue weighted by molar-refractivity contribution is -0.132. The van der Waals surface area contributed by atoms with Gasteiger partial charge in [0.05, 0.1) is 0 Å². The Morgan fingerprint density at radius 2 is 2.00 bits per heavy atom. The molecule has 0 bridgehead atoms. The molecule has 1 saturated heterocycles. The summed E-state index contributed by atoms with van der Waals surface area (Å²) in [6.07, 6.45) is 1.68. The molecule has 4 nitrogen and oxygen atoms in total. The quantitative estimate of drug-likeness (QED) is 0.896. The maximum absolute atomic E-state index is 12.6. The van der Waals surface area contributed by atoms with Gasteiger partial charge in [0.2, 0.25) is 5.91 Å². The van der Waals surface area contributed by atoms with Crippen molar-refractivity contribution in [1.29, 1.82) is 0 Å². The minimum atomic E-state index is -0.137. The minimum Gasteiger partial charge on any atom is -0.359 e. The van der Waals surface area contributed by atoms with Crippen molar-refractivity contribution in [3.05, 3.63) is 30.3 Å². The third-order valence-corrected chi connectivity index (χ3v) is 3.99. The number of anilines is 1. The summed E-state index contributed by atoms with van der Waals surface area (Å²) in [6.45, 7) is 3.53. The first kappa shape index (κ1) is 13.9. The van der Waals surface area contributed by atoms with Crippen LogP contribution in [0.5, 0.6) is 0 Å². The molecule has 104 valence electrons. The molecule has 1 aromatic carbocycles. The number of rotatable bonds is 3. The van der Waals surface area contributed by atoms with Gasteiger partial charge in [0.1, 0.15) is 6.04 Å². The molecule has 1 amide bonds. The fourth-order valence-corrected chi connectivity index (χ4v) is 2.63. The van der Waals surface area contributed by atoms with E-state index in [1.54, 1.807) is 0 Å². The number of amides is 1. The van der Waals surface area contributed by atoms with Crippen molar-refractivity contribution in [3.8, 4) is 0 Å². The molecule has 0 saturated carbocycles. The van der Waals surface area contributed by atoms with E-state index >= 15 is 0 Å². The standard InChI is InChI=1S/C15H23N3O/c1-12-9-11-18(13-6-4-3-5-7-13)14(8-10-16)15(19)17(12)2/h3-7,12,14H,8-11,16H2,1-2H3. The van der Waals surface area contributed by atoms with Gasteiger partial charge in [-0.15, -0.1) is 0 Å². The van der Waals surface area contributed by atoms with Gasteiger partial charge in [0, 0.05) is 25.3 Å². The third kappa shape index (κ3) is 2.89. The highest BCUT2D eigenvalue weighted by Crippen LogP contribution is 2.24. The predicted molar refractivity (Wildman–Crippen MR) is 78.1 cm³/mol. The molecule has 0 aliphatic carbocycles. The molecule has 1 fully saturated rings. The van der Waals surface area contributed by atoms with E-state index in [0.717, 1.165) is 18.7 Å². The highest BCUT2D eigenvalue weighted by Gasteiger charge is 2.33. The number of hydrogen-bond acceptors (Lipinski definition) is 3. The molecule has 0 radical (unpaired) electrons.